The van der Waals surface area contributed by atoms with Gasteiger partial charge in [0.25, 0.3) is 0 Å². The third-order valence-corrected chi connectivity index (χ3v) is 3.53. The van der Waals surface area contributed by atoms with Crippen LogP contribution in [0.4, 0.5) is 8.78 Å². The van der Waals surface area contributed by atoms with Gasteiger partial charge in [-0.25, -0.2) is 8.78 Å². The SMILES string of the molecule is C[C@@H](N)[C@@H](OCCCC(N)Cc1cc(F)cc(F)c1)OCC(C)(C)C. The molecule has 0 amide bonds. The Morgan fingerprint density at radius 3 is 2.16 bits per heavy atom. The zero-order chi connectivity index (χ0) is 19.0. The Kier molecular flexibility index (Phi) is 8.93. The first-order valence-electron chi connectivity index (χ1n) is 8.76. The van der Waals surface area contributed by atoms with E-state index >= 15 is 0 Å². The first-order valence-corrected chi connectivity index (χ1v) is 8.76. The molecule has 0 aromatic heterocycles. The molecule has 0 heterocycles. The molecule has 1 aromatic carbocycles. The number of benzene rings is 1. The maximum atomic E-state index is 13.2. The molecule has 1 unspecified atom stereocenters. The van der Waals surface area contributed by atoms with Crippen LogP contribution in [0.2, 0.25) is 0 Å². The van der Waals surface area contributed by atoms with Crippen LogP contribution in [0.3, 0.4) is 0 Å². The average Bonchev–Trinajstić information content (AvgIpc) is 2.43. The van der Waals surface area contributed by atoms with Crippen molar-refractivity contribution in [3.63, 3.8) is 0 Å². The zero-order valence-corrected chi connectivity index (χ0v) is 15.7. The fourth-order valence-corrected chi connectivity index (χ4v) is 2.36. The van der Waals surface area contributed by atoms with E-state index in [0.29, 0.717) is 31.6 Å². The summed E-state index contributed by atoms with van der Waals surface area (Å²) in [6, 6.07) is 3.06. The molecule has 0 radical (unpaired) electrons. The van der Waals surface area contributed by atoms with Gasteiger partial charge >= 0.3 is 0 Å². The molecule has 1 rings (SSSR count). The third kappa shape index (κ3) is 9.84. The molecular weight excluding hydrogens is 326 g/mol. The number of hydrogen-bond donors (Lipinski definition) is 2. The highest BCUT2D eigenvalue weighted by atomic mass is 19.1. The van der Waals surface area contributed by atoms with Gasteiger partial charge in [-0.3, -0.25) is 0 Å². The van der Waals surface area contributed by atoms with Gasteiger partial charge in [-0.15, -0.1) is 0 Å². The van der Waals surface area contributed by atoms with Gasteiger partial charge in [-0.05, 0) is 49.3 Å². The molecule has 6 heteroatoms. The van der Waals surface area contributed by atoms with Crippen LogP contribution in [-0.2, 0) is 15.9 Å². The first kappa shape index (κ1) is 22.0. The van der Waals surface area contributed by atoms with Gasteiger partial charge < -0.3 is 20.9 Å². The second-order valence-corrected chi connectivity index (χ2v) is 7.85. The van der Waals surface area contributed by atoms with E-state index in [1.165, 1.54) is 12.1 Å². The van der Waals surface area contributed by atoms with Crippen molar-refractivity contribution in [1.29, 1.82) is 0 Å². The monoisotopic (exact) mass is 358 g/mol. The molecule has 0 aliphatic heterocycles. The van der Waals surface area contributed by atoms with E-state index in [9.17, 15) is 8.78 Å². The maximum absolute atomic E-state index is 13.2. The number of nitrogens with two attached hydrogens (primary N) is 2. The molecule has 0 spiro atoms. The van der Waals surface area contributed by atoms with E-state index in [1.54, 1.807) is 0 Å². The Labute approximate surface area is 149 Å². The fourth-order valence-electron chi connectivity index (χ4n) is 2.36. The highest BCUT2D eigenvalue weighted by Gasteiger charge is 2.19. The van der Waals surface area contributed by atoms with Crippen molar-refractivity contribution in [2.45, 2.75) is 65.3 Å². The number of halogens is 2. The van der Waals surface area contributed by atoms with Crippen molar-refractivity contribution < 1.29 is 18.3 Å². The molecule has 4 nitrogen and oxygen atoms in total. The normalized spacial score (nSPS) is 15.8. The Bertz CT molecular complexity index is 498. The topological polar surface area (TPSA) is 70.5 Å². The van der Waals surface area contributed by atoms with Crippen LogP contribution in [0.5, 0.6) is 0 Å². The Morgan fingerprint density at radius 1 is 1.04 bits per heavy atom. The first-order chi connectivity index (χ1) is 11.6. The molecule has 25 heavy (non-hydrogen) atoms. The van der Waals surface area contributed by atoms with Crippen LogP contribution in [0.25, 0.3) is 0 Å². The molecule has 0 aliphatic rings. The summed E-state index contributed by atoms with van der Waals surface area (Å²) in [6.45, 7) is 9.13. The molecule has 3 atom stereocenters. The van der Waals surface area contributed by atoms with E-state index in [1.807, 2.05) is 6.92 Å². The zero-order valence-electron chi connectivity index (χ0n) is 15.7. The van der Waals surface area contributed by atoms with E-state index in [2.05, 4.69) is 20.8 Å². The molecule has 0 saturated heterocycles. The molecule has 0 saturated carbocycles. The molecule has 0 aliphatic carbocycles. The molecule has 1 aromatic rings. The van der Waals surface area contributed by atoms with Crippen molar-refractivity contribution in [2.75, 3.05) is 13.2 Å². The summed E-state index contributed by atoms with van der Waals surface area (Å²) in [6.07, 6.45) is 1.38. The quantitative estimate of drug-likeness (QED) is 0.497. The van der Waals surface area contributed by atoms with E-state index in [4.69, 9.17) is 20.9 Å². The minimum absolute atomic E-state index is 0.0408. The third-order valence-electron chi connectivity index (χ3n) is 3.53. The summed E-state index contributed by atoms with van der Waals surface area (Å²) < 4.78 is 37.8. The van der Waals surface area contributed by atoms with Gasteiger partial charge in [-0.1, -0.05) is 20.8 Å². The van der Waals surface area contributed by atoms with E-state index < -0.39 is 17.9 Å². The smallest absolute Gasteiger partial charge is 0.172 e. The van der Waals surface area contributed by atoms with E-state index in [0.717, 1.165) is 12.5 Å². The van der Waals surface area contributed by atoms with Crippen molar-refractivity contribution in [3.05, 3.63) is 35.4 Å². The van der Waals surface area contributed by atoms with Gasteiger partial charge in [-0.2, -0.15) is 0 Å². The summed E-state index contributed by atoms with van der Waals surface area (Å²) in [5.74, 6) is -1.16. The van der Waals surface area contributed by atoms with Gasteiger partial charge in [0.2, 0.25) is 0 Å². The van der Waals surface area contributed by atoms with Gasteiger partial charge in [0, 0.05) is 18.7 Å². The van der Waals surface area contributed by atoms with Gasteiger partial charge in [0.1, 0.15) is 11.6 Å². The highest BCUT2D eigenvalue weighted by molar-refractivity contribution is 5.18. The molecule has 0 bridgehead atoms. The molecule has 4 N–H and O–H groups in total. The summed E-state index contributed by atoms with van der Waals surface area (Å²) in [4.78, 5) is 0. The van der Waals surface area contributed by atoms with Crippen LogP contribution in [0.1, 0.15) is 46.1 Å². The predicted octanol–water partition coefficient (Wildman–Crippen LogP) is 3.37. The molecule has 0 fully saturated rings. The fraction of sp³-hybridized carbons (Fsp3) is 0.684. The lowest BCUT2D eigenvalue weighted by molar-refractivity contribution is -0.165. The lowest BCUT2D eigenvalue weighted by Gasteiger charge is -2.26. The van der Waals surface area contributed by atoms with Crippen molar-refractivity contribution in [1.82, 2.24) is 0 Å². The molecule has 144 valence electrons. The second-order valence-electron chi connectivity index (χ2n) is 7.85. The number of rotatable bonds is 10. The second kappa shape index (κ2) is 10.2. The van der Waals surface area contributed by atoms with E-state index in [-0.39, 0.29) is 17.5 Å². The van der Waals surface area contributed by atoms with Crippen LogP contribution >= 0.6 is 0 Å². The van der Waals surface area contributed by atoms with Crippen molar-refractivity contribution in [3.8, 4) is 0 Å². The van der Waals surface area contributed by atoms with Gasteiger partial charge in [0.05, 0.1) is 12.6 Å². The van der Waals surface area contributed by atoms with Crippen molar-refractivity contribution in [2.24, 2.45) is 16.9 Å². The summed E-state index contributed by atoms with van der Waals surface area (Å²) in [7, 11) is 0. The summed E-state index contributed by atoms with van der Waals surface area (Å²) >= 11 is 0. The largest absolute Gasteiger partial charge is 0.351 e. The highest BCUT2D eigenvalue weighted by Crippen LogP contribution is 2.16. The van der Waals surface area contributed by atoms with Crippen molar-refractivity contribution >= 4 is 0 Å². The van der Waals surface area contributed by atoms with Crippen LogP contribution in [0, 0.1) is 17.0 Å². The summed E-state index contributed by atoms with van der Waals surface area (Å²) in [5.41, 5.74) is 12.5. The minimum atomic E-state index is -0.582. The average molecular weight is 358 g/mol. The summed E-state index contributed by atoms with van der Waals surface area (Å²) in [5, 5.41) is 0. The molecular formula is C19H32F2N2O2. The van der Waals surface area contributed by atoms with Crippen LogP contribution in [-0.4, -0.2) is 31.6 Å². The Balaban J connectivity index is 2.32. The van der Waals surface area contributed by atoms with Gasteiger partial charge in [0.15, 0.2) is 6.29 Å². The lowest BCUT2D eigenvalue weighted by Crippen LogP contribution is -2.38. The Morgan fingerprint density at radius 2 is 1.64 bits per heavy atom. The van der Waals surface area contributed by atoms with Crippen LogP contribution in [0.15, 0.2) is 18.2 Å². The predicted molar refractivity (Wildman–Crippen MR) is 96.1 cm³/mol. The number of ether oxygens (including phenoxy) is 2. The minimum Gasteiger partial charge on any atom is -0.351 e. The number of hydrogen-bond acceptors (Lipinski definition) is 4. The maximum Gasteiger partial charge on any atom is 0.172 e. The van der Waals surface area contributed by atoms with Crippen LogP contribution < -0.4 is 11.5 Å². The Hall–Kier alpha value is -1.08. The lowest BCUT2D eigenvalue weighted by atomic mass is 9.99. The standard InChI is InChI=1S/C19H32F2N2O2/c1-13(22)18(25-12-19(2,3)4)24-7-5-6-17(23)10-14-8-15(20)11-16(21)9-14/h8-9,11,13,17-18H,5-7,10,12,22-23H2,1-4H3/t13-,17?,18+/m1/s1.